The molecule has 5 nitrogen and oxygen atoms in total. The van der Waals surface area contributed by atoms with E-state index in [9.17, 15) is 9.59 Å². The van der Waals surface area contributed by atoms with Crippen LogP contribution in [0, 0.1) is 13.8 Å². The molecule has 0 atom stereocenters. The first kappa shape index (κ1) is 22.1. The molecule has 0 spiro atoms. The highest BCUT2D eigenvalue weighted by molar-refractivity contribution is 5.96. The van der Waals surface area contributed by atoms with Crippen LogP contribution < -0.4 is 9.47 Å². The van der Waals surface area contributed by atoms with Crippen molar-refractivity contribution in [3.8, 4) is 11.5 Å². The predicted molar refractivity (Wildman–Crippen MR) is 121 cm³/mol. The fourth-order valence-corrected chi connectivity index (χ4v) is 3.14. The van der Waals surface area contributed by atoms with E-state index in [1.54, 1.807) is 6.07 Å². The largest absolute Gasteiger partial charge is 0.494 e. The van der Waals surface area contributed by atoms with Crippen LogP contribution in [0.25, 0.3) is 10.8 Å². The van der Waals surface area contributed by atoms with Gasteiger partial charge in [-0.25, -0.2) is 9.59 Å². The van der Waals surface area contributed by atoms with Crippen molar-refractivity contribution in [3.63, 3.8) is 0 Å². The van der Waals surface area contributed by atoms with Crippen LogP contribution in [0.5, 0.6) is 11.5 Å². The third kappa shape index (κ3) is 6.19. The fourth-order valence-electron chi connectivity index (χ4n) is 3.14. The van der Waals surface area contributed by atoms with Crippen molar-refractivity contribution in [3.05, 3.63) is 83.9 Å². The van der Waals surface area contributed by atoms with Crippen molar-refractivity contribution in [2.75, 3.05) is 13.2 Å². The van der Waals surface area contributed by atoms with E-state index in [-0.39, 0.29) is 5.97 Å². The number of carbonyl (C=O) groups excluding carboxylic acids is 2. The van der Waals surface area contributed by atoms with Gasteiger partial charge in [0.25, 0.3) is 0 Å². The van der Waals surface area contributed by atoms with Crippen LogP contribution in [0.2, 0.25) is 0 Å². The van der Waals surface area contributed by atoms with Gasteiger partial charge in [-0.2, -0.15) is 0 Å². The number of fused-ring (bicyclic) bond motifs is 1. The van der Waals surface area contributed by atoms with E-state index in [0.717, 1.165) is 46.6 Å². The number of esters is 2. The molecule has 0 radical (unpaired) electrons. The Morgan fingerprint density at radius 3 is 2.42 bits per heavy atom. The lowest BCUT2D eigenvalue weighted by molar-refractivity contribution is -0.137. The standard InChI is InChI=1S/C26H26O5/c1-4-25(27)30-14-6-5-13-29-23-11-10-20-16-22(9-8-21(20)17-23)26(28)31-24-12-7-18(2)15-19(24)3/h4,7-12,15-17H,1,5-6,13-14H2,2-3H3. The van der Waals surface area contributed by atoms with Crippen LogP contribution in [-0.2, 0) is 9.53 Å². The third-order valence-electron chi connectivity index (χ3n) is 4.80. The molecule has 0 saturated carbocycles. The summed E-state index contributed by atoms with van der Waals surface area (Å²) in [5.41, 5.74) is 2.54. The Morgan fingerprint density at radius 1 is 0.903 bits per heavy atom. The Bertz CT molecular complexity index is 1100. The van der Waals surface area contributed by atoms with E-state index < -0.39 is 5.97 Å². The lowest BCUT2D eigenvalue weighted by atomic mass is 10.1. The van der Waals surface area contributed by atoms with E-state index in [1.165, 1.54) is 0 Å². The quantitative estimate of drug-likeness (QED) is 0.197. The monoisotopic (exact) mass is 418 g/mol. The fraction of sp³-hybridized carbons (Fsp3) is 0.231. The normalized spacial score (nSPS) is 10.5. The number of benzene rings is 3. The number of ether oxygens (including phenoxy) is 3. The zero-order chi connectivity index (χ0) is 22.2. The van der Waals surface area contributed by atoms with Gasteiger partial charge in [-0.3, -0.25) is 0 Å². The van der Waals surface area contributed by atoms with Gasteiger partial charge in [-0.15, -0.1) is 0 Å². The summed E-state index contributed by atoms with van der Waals surface area (Å²) in [5.74, 6) is 0.527. The molecule has 0 N–H and O–H groups in total. The average molecular weight is 418 g/mol. The summed E-state index contributed by atoms with van der Waals surface area (Å²) in [4.78, 5) is 23.5. The highest BCUT2D eigenvalue weighted by Crippen LogP contribution is 2.24. The molecule has 0 heterocycles. The summed E-state index contributed by atoms with van der Waals surface area (Å²) in [6, 6.07) is 16.9. The second-order valence-electron chi connectivity index (χ2n) is 7.31. The second kappa shape index (κ2) is 10.4. The first-order valence-corrected chi connectivity index (χ1v) is 10.2. The van der Waals surface area contributed by atoms with E-state index in [4.69, 9.17) is 14.2 Å². The van der Waals surface area contributed by atoms with Crippen molar-refractivity contribution in [2.24, 2.45) is 0 Å². The highest BCUT2D eigenvalue weighted by Gasteiger charge is 2.11. The van der Waals surface area contributed by atoms with Gasteiger partial charge in [-0.1, -0.05) is 36.4 Å². The number of rotatable bonds is 9. The number of aryl methyl sites for hydroxylation is 2. The van der Waals surface area contributed by atoms with Gasteiger partial charge in [0.15, 0.2) is 0 Å². The van der Waals surface area contributed by atoms with Crippen LogP contribution in [0.1, 0.15) is 34.3 Å². The summed E-state index contributed by atoms with van der Waals surface area (Å²) < 4.78 is 16.3. The molecule has 0 aromatic heterocycles. The Labute approximate surface area is 182 Å². The molecule has 5 heteroatoms. The van der Waals surface area contributed by atoms with Crippen molar-refractivity contribution < 1.29 is 23.8 Å². The van der Waals surface area contributed by atoms with Gasteiger partial charge in [0.05, 0.1) is 18.8 Å². The minimum absolute atomic E-state index is 0.354. The Balaban J connectivity index is 1.57. The molecule has 31 heavy (non-hydrogen) atoms. The maximum atomic E-state index is 12.6. The lowest BCUT2D eigenvalue weighted by Gasteiger charge is -2.10. The van der Waals surface area contributed by atoms with Gasteiger partial charge in [0, 0.05) is 6.08 Å². The van der Waals surface area contributed by atoms with Crippen LogP contribution in [0.3, 0.4) is 0 Å². The highest BCUT2D eigenvalue weighted by atomic mass is 16.5. The topological polar surface area (TPSA) is 61.8 Å². The van der Waals surface area contributed by atoms with Crippen LogP contribution >= 0.6 is 0 Å². The van der Waals surface area contributed by atoms with Crippen LogP contribution in [-0.4, -0.2) is 25.2 Å². The van der Waals surface area contributed by atoms with E-state index >= 15 is 0 Å². The number of hydrogen-bond donors (Lipinski definition) is 0. The predicted octanol–water partition coefficient (Wildman–Crippen LogP) is 5.56. The van der Waals surface area contributed by atoms with Gasteiger partial charge in [0.2, 0.25) is 0 Å². The number of carbonyl (C=O) groups is 2. The molecule has 3 aromatic rings. The minimum atomic E-state index is -0.410. The summed E-state index contributed by atoms with van der Waals surface area (Å²) in [7, 11) is 0. The molecule has 0 aliphatic carbocycles. The Hall–Kier alpha value is -3.60. The number of hydrogen-bond acceptors (Lipinski definition) is 5. The lowest BCUT2D eigenvalue weighted by Crippen LogP contribution is -2.09. The number of unbranched alkanes of at least 4 members (excludes halogenated alkanes) is 1. The first-order chi connectivity index (χ1) is 15.0. The molecule has 0 aliphatic heterocycles. The molecular formula is C26H26O5. The average Bonchev–Trinajstić information content (AvgIpc) is 2.77. The minimum Gasteiger partial charge on any atom is -0.494 e. The molecule has 160 valence electrons. The second-order valence-corrected chi connectivity index (χ2v) is 7.31. The van der Waals surface area contributed by atoms with E-state index in [1.807, 2.05) is 62.4 Å². The van der Waals surface area contributed by atoms with E-state index in [2.05, 4.69) is 6.58 Å². The first-order valence-electron chi connectivity index (χ1n) is 10.2. The SMILES string of the molecule is C=CC(=O)OCCCCOc1ccc2cc(C(=O)Oc3ccc(C)cc3C)ccc2c1. The maximum absolute atomic E-state index is 12.6. The molecular weight excluding hydrogens is 392 g/mol. The summed E-state index contributed by atoms with van der Waals surface area (Å²) >= 11 is 0. The molecule has 0 unspecified atom stereocenters. The van der Waals surface area contributed by atoms with Crippen molar-refractivity contribution in [1.82, 2.24) is 0 Å². The van der Waals surface area contributed by atoms with Gasteiger partial charge < -0.3 is 14.2 Å². The zero-order valence-electron chi connectivity index (χ0n) is 17.9. The van der Waals surface area contributed by atoms with Gasteiger partial charge in [0.1, 0.15) is 11.5 Å². The molecule has 3 rings (SSSR count). The van der Waals surface area contributed by atoms with Crippen LogP contribution in [0.4, 0.5) is 0 Å². The van der Waals surface area contributed by atoms with Crippen molar-refractivity contribution >= 4 is 22.7 Å². The van der Waals surface area contributed by atoms with Gasteiger partial charge in [-0.05, 0) is 73.4 Å². The summed E-state index contributed by atoms with van der Waals surface area (Å²) in [5, 5.41) is 1.90. The van der Waals surface area contributed by atoms with E-state index in [0.29, 0.717) is 24.5 Å². The summed E-state index contributed by atoms with van der Waals surface area (Å²) in [6.45, 7) is 8.16. The molecule has 0 aliphatic rings. The molecule has 0 bridgehead atoms. The smallest absolute Gasteiger partial charge is 0.343 e. The van der Waals surface area contributed by atoms with Crippen LogP contribution in [0.15, 0.2) is 67.3 Å². The molecule has 3 aromatic carbocycles. The van der Waals surface area contributed by atoms with Gasteiger partial charge >= 0.3 is 11.9 Å². The third-order valence-corrected chi connectivity index (χ3v) is 4.80. The zero-order valence-corrected chi connectivity index (χ0v) is 17.9. The Kier molecular flexibility index (Phi) is 7.44. The van der Waals surface area contributed by atoms with Crippen molar-refractivity contribution in [2.45, 2.75) is 26.7 Å². The molecule has 0 amide bonds. The Morgan fingerprint density at radius 2 is 1.65 bits per heavy atom. The maximum Gasteiger partial charge on any atom is 0.343 e. The molecule has 0 saturated heterocycles. The summed E-state index contributed by atoms with van der Waals surface area (Å²) in [6.07, 6.45) is 2.64. The molecule has 0 fully saturated rings. The van der Waals surface area contributed by atoms with Crippen molar-refractivity contribution in [1.29, 1.82) is 0 Å².